The molecule has 3 nitrogen and oxygen atoms in total. The van der Waals surface area contributed by atoms with Gasteiger partial charge >= 0.3 is 0 Å². The number of nitrogens with one attached hydrogen (secondary N) is 1. The number of hydrogen-bond donors (Lipinski definition) is 2. The van der Waals surface area contributed by atoms with Crippen molar-refractivity contribution in [2.24, 2.45) is 0 Å². The summed E-state index contributed by atoms with van der Waals surface area (Å²) in [6.45, 7) is 2.53. The number of rotatable bonds is 4. The lowest BCUT2D eigenvalue weighted by molar-refractivity contribution is 0.164. The van der Waals surface area contributed by atoms with Crippen LogP contribution in [0.4, 0.5) is 0 Å². The number of aliphatic hydroxyl groups excluding tert-OH is 1. The van der Waals surface area contributed by atoms with Crippen molar-refractivity contribution >= 4 is 0 Å². The fraction of sp³-hybridized carbons (Fsp3) is 0.333. The molecule has 0 saturated heterocycles. The Balaban J connectivity index is 2.37. The van der Waals surface area contributed by atoms with Gasteiger partial charge in [-0.3, -0.25) is 0 Å². The third kappa shape index (κ3) is 2.90. The van der Waals surface area contributed by atoms with E-state index in [4.69, 9.17) is 9.94 Å². The summed E-state index contributed by atoms with van der Waals surface area (Å²) in [6, 6.07) is 7.69. The minimum Gasteiger partial charge on any atom is -0.409 e. The van der Waals surface area contributed by atoms with Gasteiger partial charge in [-0.05, 0) is 19.1 Å². The zero-order chi connectivity index (χ0) is 8.81. The number of aryl methyl sites for hydroxylation is 1. The van der Waals surface area contributed by atoms with Crippen LogP contribution >= 0.6 is 0 Å². The predicted octanol–water partition coefficient (Wildman–Crippen LogP) is 0.871. The fourth-order valence-electron chi connectivity index (χ4n) is 0.786. The molecule has 0 bridgehead atoms. The number of benzene rings is 1. The van der Waals surface area contributed by atoms with Crippen LogP contribution in [0.2, 0.25) is 0 Å². The Morgan fingerprint density at radius 2 is 2.00 bits per heavy atom. The summed E-state index contributed by atoms with van der Waals surface area (Å²) in [6.07, 6.45) is 0. The second kappa shape index (κ2) is 4.74. The fourth-order valence-corrected chi connectivity index (χ4v) is 0.786. The SMILES string of the molecule is Cc1ccc(ONCCO)cc1. The van der Waals surface area contributed by atoms with E-state index in [1.54, 1.807) is 0 Å². The number of aliphatic hydroxyl groups is 1. The van der Waals surface area contributed by atoms with Gasteiger partial charge in [-0.2, -0.15) is 5.48 Å². The Hall–Kier alpha value is -1.06. The molecule has 1 rings (SSSR count). The Kier molecular flexibility index (Phi) is 3.57. The highest BCUT2D eigenvalue weighted by Gasteiger charge is 1.90. The Morgan fingerprint density at radius 3 is 2.58 bits per heavy atom. The van der Waals surface area contributed by atoms with E-state index >= 15 is 0 Å². The smallest absolute Gasteiger partial charge is 0.147 e. The second-order valence-corrected chi connectivity index (χ2v) is 2.53. The van der Waals surface area contributed by atoms with Gasteiger partial charge in [0.2, 0.25) is 0 Å². The minimum absolute atomic E-state index is 0.0753. The molecule has 0 saturated carbocycles. The van der Waals surface area contributed by atoms with Gasteiger partial charge in [0.25, 0.3) is 0 Å². The largest absolute Gasteiger partial charge is 0.409 e. The third-order valence-electron chi connectivity index (χ3n) is 1.42. The molecule has 12 heavy (non-hydrogen) atoms. The molecule has 0 unspecified atom stereocenters. The molecular weight excluding hydrogens is 154 g/mol. The maximum Gasteiger partial charge on any atom is 0.147 e. The van der Waals surface area contributed by atoms with Crippen LogP contribution in [0.1, 0.15) is 5.56 Å². The van der Waals surface area contributed by atoms with Gasteiger partial charge in [0, 0.05) is 0 Å². The Morgan fingerprint density at radius 1 is 1.33 bits per heavy atom. The van der Waals surface area contributed by atoms with Crippen LogP contribution in [0.25, 0.3) is 0 Å². The van der Waals surface area contributed by atoms with Crippen LogP contribution in [0.5, 0.6) is 5.75 Å². The van der Waals surface area contributed by atoms with Crippen molar-refractivity contribution in [1.82, 2.24) is 5.48 Å². The van der Waals surface area contributed by atoms with Gasteiger partial charge in [-0.1, -0.05) is 17.7 Å². The predicted molar refractivity (Wildman–Crippen MR) is 46.9 cm³/mol. The molecule has 0 radical (unpaired) electrons. The first kappa shape index (κ1) is 9.03. The molecule has 2 N–H and O–H groups in total. The molecule has 0 aromatic heterocycles. The van der Waals surface area contributed by atoms with Gasteiger partial charge in [-0.25, -0.2) is 0 Å². The molecular formula is C9H13NO2. The van der Waals surface area contributed by atoms with Crippen LogP contribution in [-0.2, 0) is 0 Å². The third-order valence-corrected chi connectivity index (χ3v) is 1.42. The monoisotopic (exact) mass is 167 g/mol. The Bertz CT molecular complexity index is 220. The van der Waals surface area contributed by atoms with Crippen molar-refractivity contribution < 1.29 is 9.94 Å². The van der Waals surface area contributed by atoms with E-state index in [1.165, 1.54) is 5.56 Å². The zero-order valence-corrected chi connectivity index (χ0v) is 7.08. The van der Waals surface area contributed by atoms with Crippen LogP contribution < -0.4 is 10.3 Å². The first-order valence-corrected chi connectivity index (χ1v) is 3.90. The lowest BCUT2D eigenvalue weighted by Gasteiger charge is -2.04. The van der Waals surface area contributed by atoms with Gasteiger partial charge in [0.1, 0.15) is 5.75 Å². The van der Waals surface area contributed by atoms with Crippen LogP contribution in [0.15, 0.2) is 24.3 Å². The van der Waals surface area contributed by atoms with E-state index < -0.39 is 0 Å². The van der Waals surface area contributed by atoms with Crippen LogP contribution in [0.3, 0.4) is 0 Å². The first-order valence-electron chi connectivity index (χ1n) is 3.90. The molecule has 0 atom stereocenters. The Labute approximate surface area is 71.9 Å². The van der Waals surface area contributed by atoms with Crippen molar-refractivity contribution in [3.63, 3.8) is 0 Å². The van der Waals surface area contributed by atoms with Crippen molar-refractivity contribution in [1.29, 1.82) is 0 Å². The molecule has 0 heterocycles. The summed E-state index contributed by atoms with van der Waals surface area (Å²) in [5.41, 5.74) is 3.82. The van der Waals surface area contributed by atoms with Crippen LogP contribution in [0, 0.1) is 6.92 Å². The summed E-state index contributed by atoms with van der Waals surface area (Å²) in [5, 5.41) is 8.45. The van der Waals surface area contributed by atoms with Crippen molar-refractivity contribution in [3.05, 3.63) is 29.8 Å². The van der Waals surface area contributed by atoms with E-state index in [9.17, 15) is 0 Å². The molecule has 1 aromatic carbocycles. The maximum absolute atomic E-state index is 8.45. The zero-order valence-electron chi connectivity index (χ0n) is 7.08. The second-order valence-electron chi connectivity index (χ2n) is 2.53. The van der Waals surface area contributed by atoms with E-state index in [-0.39, 0.29) is 6.61 Å². The molecule has 0 spiro atoms. The van der Waals surface area contributed by atoms with Gasteiger partial charge in [-0.15, -0.1) is 0 Å². The standard InChI is InChI=1S/C9H13NO2/c1-8-2-4-9(5-3-8)12-10-6-7-11/h2-5,10-11H,6-7H2,1H3. The summed E-state index contributed by atoms with van der Waals surface area (Å²) in [7, 11) is 0. The van der Waals surface area contributed by atoms with E-state index in [0.29, 0.717) is 6.54 Å². The summed E-state index contributed by atoms with van der Waals surface area (Å²) in [5.74, 6) is 0.758. The number of hydroxylamine groups is 1. The molecule has 0 aliphatic carbocycles. The summed E-state index contributed by atoms with van der Waals surface area (Å²) in [4.78, 5) is 5.09. The minimum atomic E-state index is 0.0753. The summed E-state index contributed by atoms with van der Waals surface area (Å²) < 4.78 is 0. The van der Waals surface area contributed by atoms with E-state index in [0.717, 1.165) is 5.75 Å². The highest BCUT2D eigenvalue weighted by molar-refractivity contribution is 5.25. The lowest BCUT2D eigenvalue weighted by Crippen LogP contribution is -2.21. The number of hydrogen-bond acceptors (Lipinski definition) is 3. The van der Waals surface area contributed by atoms with Gasteiger partial charge in [0.05, 0.1) is 13.2 Å². The molecule has 0 fully saturated rings. The van der Waals surface area contributed by atoms with Gasteiger partial charge < -0.3 is 9.94 Å². The molecule has 0 amide bonds. The van der Waals surface area contributed by atoms with Crippen molar-refractivity contribution in [3.8, 4) is 5.75 Å². The lowest BCUT2D eigenvalue weighted by atomic mass is 10.2. The van der Waals surface area contributed by atoms with Crippen molar-refractivity contribution in [2.75, 3.05) is 13.2 Å². The van der Waals surface area contributed by atoms with E-state index in [1.807, 2.05) is 31.2 Å². The molecule has 0 aliphatic rings. The summed E-state index contributed by atoms with van der Waals surface area (Å²) >= 11 is 0. The van der Waals surface area contributed by atoms with Crippen LogP contribution in [-0.4, -0.2) is 18.3 Å². The molecule has 66 valence electrons. The van der Waals surface area contributed by atoms with Crippen molar-refractivity contribution in [2.45, 2.75) is 6.92 Å². The normalized spacial score (nSPS) is 9.83. The quantitative estimate of drug-likeness (QED) is 0.516. The highest BCUT2D eigenvalue weighted by Crippen LogP contribution is 2.09. The average molecular weight is 167 g/mol. The molecule has 0 aliphatic heterocycles. The maximum atomic E-state index is 8.45. The van der Waals surface area contributed by atoms with E-state index in [2.05, 4.69) is 5.48 Å². The highest BCUT2D eigenvalue weighted by atomic mass is 16.6. The molecule has 3 heteroatoms. The first-order chi connectivity index (χ1) is 5.83. The average Bonchev–Trinajstić information content (AvgIpc) is 2.09. The van der Waals surface area contributed by atoms with Gasteiger partial charge in [0.15, 0.2) is 0 Å². The molecule has 1 aromatic rings. The topological polar surface area (TPSA) is 41.5 Å².